The second kappa shape index (κ2) is 8.35. The van der Waals surface area contributed by atoms with E-state index in [-0.39, 0.29) is 24.0 Å². The molecule has 2 aromatic rings. The van der Waals surface area contributed by atoms with Gasteiger partial charge in [0.05, 0.1) is 18.1 Å². The van der Waals surface area contributed by atoms with E-state index in [1.807, 2.05) is 24.3 Å². The number of nitro groups is 1. The van der Waals surface area contributed by atoms with Gasteiger partial charge in [0.2, 0.25) is 0 Å². The molecule has 140 valence electrons. The van der Waals surface area contributed by atoms with Crippen molar-refractivity contribution in [2.24, 2.45) is 0 Å². The molecule has 0 atom stereocenters. The van der Waals surface area contributed by atoms with Gasteiger partial charge in [-0.25, -0.2) is 0 Å². The maximum atomic E-state index is 12.4. The van der Waals surface area contributed by atoms with Crippen LogP contribution in [0.15, 0.2) is 54.6 Å². The Kier molecular flexibility index (Phi) is 5.71. The third kappa shape index (κ3) is 4.44. The maximum absolute atomic E-state index is 12.4. The molecule has 0 radical (unpaired) electrons. The zero-order chi connectivity index (χ0) is 19.2. The Bertz CT molecular complexity index is 864. The molecule has 7 nitrogen and oxygen atoms in total. The van der Waals surface area contributed by atoms with E-state index in [1.54, 1.807) is 4.90 Å². The van der Waals surface area contributed by atoms with Crippen molar-refractivity contribution in [2.75, 3.05) is 26.8 Å². The summed E-state index contributed by atoms with van der Waals surface area (Å²) < 4.78 is 10.6. The highest BCUT2D eigenvalue weighted by Crippen LogP contribution is 2.31. The van der Waals surface area contributed by atoms with Gasteiger partial charge < -0.3 is 14.4 Å². The molecule has 3 rings (SSSR count). The minimum atomic E-state index is -0.519. The lowest BCUT2D eigenvalue weighted by Gasteiger charge is -2.26. The predicted octanol–water partition coefficient (Wildman–Crippen LogP) is 3.30. The largest absolute Gasteiger partial charge is 0.493 e. The van der Waals surface area contributed by atoms with E-state index in [1.165, 1.54) is 36.4 Å². The van der Waals surface area contributed by atoms with Crippen molar-refractivity contribution in [1.29, 1.82) is 0 Å². The van der Waals surface area contributed by atoms with E-state index in [0.717, 1.165) is 6.42 Å². The fourth-order valence-electron chi connectivity index (χ4n) is 2.93. The van der Waals surface area contributed by atoms with Gasteiger partial charge in [0.25, 0.3) is 11.6 Å². The summed E-state index contributed by atoms with van der Waals surface area (Å²) in [6.45, 7) is 0.916. The highest BCUT2D eigenvalue weighted by molar-refractivity contribution is 5.79. The van der Waals surface area contributed by atoms with Crippen LogP contribution in [0.2, 0.25) is 0 Å². The Morgan fingerprint density at radius 3 is 2.59 bits per heavy atom. The van der Waals surface area contributed by atoms with Gasteiger partial charge in [0.1, 0.15) is 0 Å². The third-order valence-electron chi connectivity index (χ3n) is 4.42. The summed E-state index contributed by atoms with van der Waals surface area (Å²) in [4.78, 5) is 24.5. The Morgan fingerprint density at radius 1 is 1.19 bits per heavy atom. The SMILES string of the molecule is COc1ccc([N+](=O)[O-])cc1OCC(=O)N1CC=C(c2ccccc2)CC1. The van der Waals surface area contributed by atoms with Crippen LogP contribution in [0.25, 0.3) is 5.57 Å². The molecule has 1 aliphatic rings. The molecule has 0 fully saturated rings. The van der Waals surface area contributed by atoms with Crippen LogP contribution in [-0.2, 0) is 4.79 Å². The van der Waals surface area contributed by atoms with E-state index in [9.17, 15) is 14.9 Å². The van der Waals surface area contributed by atoms with Crippen molar-refractivity contribution in [3.05, 3.63) is 70.3 Å². The number of non-ortho nitro benzene ring substituents is 1. The van der Waals surface area contributed by atoms with Crippen LogP contribution in [0, 0.1) is 10.1 Å². The molecule has 1 heterocycles. The molecule has 0 bridgehead atoms. The monoisotopic (exact) mass is 368 g/mol. The Morgan fingerprint density at radius 2 is 1.96 bits per heavy atom. The van der Waals surface area contributed by atoms with Crippen molar-refractivity contribution >= 4 is 17.2 Å². The van der Waals surface area contributed by atoms with Crippen molar-refractivity contribution < 1.29 is 19.2 Å². The van der Waals surface area contributed by atoms with Crippen LogP contribution in [0.1, 0.15) is 12.0 Å². The Balaban J connectivity index is 1.61. The Labute approximate surface area is 157 Å². The maximum Gasteiger partial charge on any atom is 0.273 e. The highest BCUT2D eigenvalue weighted by atomic mass is 16.6. The van der Waals surface area contributed by atoms with E-state index < -0.39 is 4.92 Å². The average molecular weight is 368 g/mol. The topological polar surface area (TPSA) is 81.9 Å². The number of hydrogen-bond donors (Lipinski definition) is 0. The molecular formula is C20H20N2O5. The molecule has 2 aromatic carbocycles. The van der Waals surface area contributed by atoms with E-state index in [2.05, 4.69) is 12.1 Å². The molecule has 1 aliphatic heterocycles. The molecule has 0 N–H and O–H groups in total. The van der Waals surface area contributed by atoms with E-state index in [4.69, 9.17) is 9.47 Å². The number of hydrogen-bond acceptors (Lipinski definition) is 5. The molecule has 7 heteroatoms. The molecular weight excluding hydrogens is 348 g/mol. The normalized spacial score (nSPS) is 13.7. The van der Waals surface area contributed by atoms with Crippen molar-refractivity contribution in [3.8, 4) is 11.5 Å². The molecule has 0 aliphatic carbocycles. The lowest BCUT2D eigenvalue weighted by molar-refractivity contribution is -0.385. The standard InChI is InChI=1S/C20H20N2O5/c1-26-18-8-7-17(22(24)25)13-19(18)27-14-20(23)21-11-9-16(10-12-21)15-5-3-2-4-6-15/h2-9,13H,10-12,14H2,1H3. The lowest BCUT2D eigenvalue weighted by Crippen LogP contribution is -2.37. The fraction of sp³-hybridized carbons (Fsp3) is 0.250. The van der Waals surface area contributed by atoms with Crippen LogP contribution in [0.5, 0.6) is 11.5 Å². The summed E-state index contributed by atoms with van der Waals surface area (Å²) >= 11 is 0. The number of amides is 1. The summed E-state index contributed by atoms with van der Waals surface area (Å²) in [5, 5.41) is 10.9. The lowest BCUT2D eigenvalue weighted by atomic mass is 10.00. The number of rotatable bonds is 6. The summed E-state index contributed by atoms with van der Waals surface area (Å²) in [7, 11) is 1.44. The van der Waals surface area contributed by atoms with Crippen molar-refractivity contribution in [3.63, 3.8) is 0 Å². The van der Waals surface area contributed by atoms with Crippen LogP contribution < -0.4 is 9.47 Å². The van der Waals surface area contributed by atoms with Gasteiger partial charge in [-0.1, -0.05) is 36.4 Å². The van der Waals surface area contributed by atoms with Gasteiger partial charge in [-0.2, -0.15) is 0 Å². The van der Waals surface area contributed by atoms with Gasteiger partial charge >= 0.3 is 0 Å². The zero-order valence-corrected chi connectivity index (χ0v) is 15.0. The minimum absolute atomic E-state index is 0.119. The summed E-state index contributed by atoms with van der Waals surface area (Å²) in [6, 6.07) is 14.1. The molecule has 0 spiro atoms. The smallest absolute Gasteiger partial charge is 0.273 e. The summed E-state index contributed by atoms with van der Waals surface area (Å²) in [6.07, 6.45) is 2.82. The second-order valence-corrected chi connectivity index (χ2v) is 6.07. The van der Waals surface area contributed by atoms with Gasteiger partial charge in [0, 0.05) is 19.2 Å². The minimum Gasteiger partial charge on any atom is -0.493 e. The average Bonchev–Trinajstić information content (AvgIpc) is 2.72. The van der Waals surface area contributed by atoms with Gasteiger partial charge in [-0.3, -0.25) is 14.9 Å². The second-order valence-electron chi connectivity index (χ2n) is 6.07. The molecule has 0 saturated heterocycles. The molecule has 0 unspecified atom stereocenters. The number of benzene rings is 2. The number of nitrogens with zero attached hydrogens (tertiary/aromatic N) is 2. The Hall–Kier alpha value is -3.35. The molecule has 0 aromatic heterocycles. The van der Waals surface area contributed by atoms with Gasteiger partial charge in [-0.05, 0) is 23.6 Å². The van der Waals surface area contributed by atoms with E-state index in [0.29, 0.717) is 18.8 Å². The first-order valence-electron chi connectivity index (χ1n) is 8.56. The fourth-order valence-corrected chi connectivity index (χ4v) is 2.93. The van der Waals surface area contributed by atoms with Gasteiger partial charge in [0.15, 0.2) is 18.1 Å². The number of ether oxygens (including phenoxy) is 2. The van der Waals surface area contributed by atoms with Crippen molar-refractivity contribution in [2.45, 2.75) is 6.42 Å². The first kappa shape index (κ1) is 18.4. The number of carbonyl (C=O) groups excluding carboxylic acids is 1. The number of carbonyl (C=O) groups is 1. The van der Waals surface area contributed by atoms with Gasteiger partial charge in [-0.15, -0.1) is 0 Å². The van der Waals surface area contributed by atoms with Crippen LogP contribution in [0.3, 0.4) is 0 Å². The number of nitro benzene ring substituents is 1. The zero-order valence-electron chi connectivity index (χ0n) is 15.0. The summed E-state index contributed by atoms with van der Waals surface area (Å²) in [5.74, 6) is 0.350. The van der Waals surface area contributed by atoms with Crippen LogP contribution >= 0.6 is 0 Å². The first-order chi connectivity index (χ1) is 13.1. The van der Waals surface area contributed by atoms with Crippen LogP contribution in [-0.4, -0.2) is 42.5 Å². The first-order valence-corrected chi connectivity index (χ1v) is 8.56. The van der Waals surface area contributed by atoms with Crippen LogP contribution in [0.4, 0.5) is 5.69 Å². The van der Waals surface area contributed by atoms with Crippen molar-refractivity contribution in [1.82, 2.24) is 4.90 Å². The predicted molar refractivity (Wildman–Crippen MR) is 101 cm³/mol. The third-order valence-corrected chi connectivity index (χ3v) is 4.42. The summed E-state index contributed by atoms with van der Waals surface area (Å²) in [5.41, 5.74) is 2.27. The number of methoxy groups -OCH3 is 1. The molecule has 1 amide bonds. The van der Waals surface area contributed by atoms with E-state index >= 15 is 0 Å². The molecule has 0 saturated carbocycles. The molecule has 27 heavy (non-hydrogen) atoms. The quantitative estimate of drug-likeness (QED) is 0.577. The highest BCUT2D eigenvalue weighted by Gasteiger charge is 2.20.